The van der Waals surface area contributed by atoms with Crippen LogP contribution in [0.4, 0.5) is 17.1 Å². The van der Waals surface area contributed by atoms with Crippen LogP contribution < -0.4 is 4.90 Å². The summed E-state index contributed by atoms with van der Waals surface area (Å²) < 4.78 is 2.47. The molecule has 9 aromatic rings. The molecule has 2 nitrogen and oxygen atoms in total. The summed E-state index contributed by atoms with van der Waals surface area (Å²) in [5.74, 6) is 0. The van der Waals surface area contributed by atoms with Gasteiger partial charge in [-0.15, -0.1) is 0 Å². The molecule has 0 radical (unpaired) electrons. The van der Waals surface area contributed by atoms with Gasteiger partial charge in [0.1, 0.15) is 0 Å². The Hall–Kier alpha value is -6.64. The summed E-state index contributed by atoms with van der Waals surface area (Å²) in [5.41, 5.74) is 17.7. The minimum absolute atomic E-state index is 0.0884. The van der Waals surface area contributed by atoms with E-state index in [1.165, 1.54) is 77.7 Å². The summed E-state index contributed by atoms with van der Waals surface area (Å²) in [6.45, 7) is 4.70. The zero-order chi connectivity index (χ0) is 38.3. The van der Waals surface area contributed by atoms with Crippen LogP contribution in [-0.4, -0.2) is 4.57 Å². The first-order valence-corrected chi connectivity index (χ1v) is 20.6. The largest absolute Gasteiger partial charge is 0.310 e. The highest BCUT2D eigenvalue weighted by Gasteiger charge is 2.42. The van der Waals surface area contributed by atoms with Crippen LogP contribution in [0.3, 0.4) is 0 Å². The maximum Gasteiger partial charge on any atom is 0.0541 e. The van der Waals surface area contributed by atoms with Crippen LogP contribution in [0.1, 0.15) is 50.7 Å². The molecule has 0 fully saturated rings. The quantitative estimate of drug-likeness (QED) is 0.136. The van der Waals surface area contributed by atoms with Crippen molar-refractivity contribution in [2.45, 2.75) is 44.9 Å². The maximum absolute atomic E-state index is 2.53. The smallest absolute Gasteiger partial charge is 0.0541 e. The molecule has 0 aliphatic heterocycles. The Morgan fingerprint density at radius 2 is 0.895 bits per heavy atom. The van der Waals surface area contributed by atoms with Crippen molar-refractivity contribution in [3.63, 3.8) is 0 Å². The van der Waals surface area contributed by atoms with Crippen molar-refractivity contribution in [3.8, 4) is 39.1 Å². The van der Waals surface area contributed by atoms with Crippen LogP contribution in [0.2, 0.25) is 0 Å². The number of anilines is 3. The molecule has 2 heteroatoms. The molecule has 1 aliphatic rings. The number of hydrogen-bond donors (Lipinski definition) is 0. The number of benzene rings is 8. The van der Waals surface area contributed by atoms with Gasteiger partial charge in [0.15, 0.2) is 0 Å². The van der Waals surface area contributed by atoms with E-state index in [9.17, 15) is 0 Å². The lowest BCUT2D eigenvalue weighted by atomic mass is 9.71. The molecule has 1 heterocycles. The predicted octanol–water partition coefficient (Wildman–Crippen LogP) is 15.5. The van der Waals surface area contributed by atoms with E-state index < -0.39 is 0 Å². The van der Waals surface area contributed by atoms with Gasteiger partial charge in [-0.25, -0.2) is 0 Å². The molecule has 8 aromatic carbocycles. The van der Waals surface area contributed by atoms with Gasteiger partial charge in [0.05, 0.1) is 11.0 Å². The SMILES string of the molecule is CCCC1(CCC)c2cc(N(c3ccccc3)c3ccc(-c4cccc(-c5ccccc5)c4)cc3)ccc2-c2ccc(-n3c4ccccc4c4ccccc43)cc21. The molecule has 0 amide bonds. The first-order chi connectivity index (χ1) is 28.2. The van der Waals surface area contributed by atoms with Gasteiger partial charge in [-0.1, -0.05) is 154 Å². The Morgan fingerprint density at radius 1 is 0.404 bits per heavy atom. The molecule has 57 heavy (non-hydrogen) atoms. The molecule has 0 atom stereocenters. The molecule has 0 N–H and O–H groups in total. The summed E-state index contributed by atoms with van der Waals surface area (Å²) in [6.07, 6.45) is 4.42. The van der Waals surface area contributed by atoms with Gasteiger partial charge in [0, 0.05) is 38.9 Å². The molecule has 0 unspecified atom stereocenters. The molecule has 276 valence electrons. The maximum atomic E-state index is 2.53. The van der Waals surface area contributed by atoms with Crippen LogP contribution in [0, 0.1) is 0 Å². The summed E-state index contributed by atoms with van der Waals surface area (Å²) in [6, 6.07) is 71.6. The third-order valence-corrected chi connectivity index (χ3v) is 12.2. The van der Waals surface area contributed by atoms with Crippen molar-refractivity contribution in [1.82, 2.24) is 4.57 Å². The number of para-hydroxylation sites is 3. The highest BCUT2D eigenvalue weighted by atomic mass is 15.1. The minimum atomic E-state index is -0.0884. The van der Waals surface area contributed by atoms with E-state index in [2.05, 4.69) is 217 Å². The Balaban J connectivity index is 1.09. The van der Waals surface area contributed by atoms with Crippen LogP contribution in [-0.2, 0) is 5.41 Å². The third kappa shape index (κ3) is 5.87. The van der Waals surface area contributed by atoms with E-state index in [-0.39, 0.29) is 5.41 Å². The molecule has 0 spiro atoms. The van der Waals surface area contributed by atoms with E-state index >= 15 is 0 Å². The first kappa shape index (κ1) is 34.8. The zero-order valence-corrected chi connectivity index (χ0v) is 32.7. The minimum Gasteiger partial charge on any atom is -0.310 e. The second-order valence-corrected chi connectivity index (χ2v) is 15.6. The van der Waals surface area contributed by atoms with Crippen molar-refractivity contribution < 1.29 is 0 Å². The fourth-order valence-corrected chi connectivity index (χ4v) is 9.80. The van der Waals surface area contributed by atoms with E-state index in [1.54, 1.807) is 0 Å². The fourth-order valence-electron chi connectivity index (χ4n) is 9.80. The van der Waals surface area contributed by atoms with E-state index in [1.807, 2.05) is 0 Å². The molecular weight excluding hydrogens is 689 g/mol. The highest BCUT2D eigenvalue weighted by molar-refractivity contribution is 6.09. The van der Waals surface area contributed by atoms with Crippen LogP contribution in [0.5, 0.6) is 0 Å². The van der Waals surface area contributed by atoms with Crippen molar-refractivity contribution in [1.29, 1.82) is 0 Å². The van der Waals surface area contributed by atoms with Gasteiger partial charge in [-0.3, -0.25) is 0 Å². The van der Waals surface area contributed by atoms with Crippen molar-refractivity contribution >= 4 is 38.9 Å². The number of hydrogen-bond acceptors (Lipinski definition) is 1. The monoisotopic (exact) mass is 734 g/mol. The van der Waals surface area contributed by atoms with Crippen molar-refractivity contribution in [2.24, 2.45) is 0 Å². The zero-order valence-electron chi connectivity index (χ0n) is 32.7. The molecule has 1 aliphatic carbocycles. The van der Waals surface area contributed by atoms with Crippen LogP contribution >= 0.6 is 0 Å². The average molecular weight is 735 g/mol. The molecule has 0 bridgehead atoms. The predicted molar refractivity (Wildman–Crippen MR) is 242 cm³/mol. The van der Waals surface area contributed by atoms with E-state index in [4.69, 9.17) is 0 Å². The molecule has 0 saturated carbocycles. The lowest BCUT2D eigenvalue weighted by Gasteiger charge is -2.33. The lowest BCUT2D eigenvalue weighted by Crippen LogP contribution is -2.25. The standard InChI is InChI=1S/C55H46N2/c1-3-34-55(35-4-2)51-37-45(30-32-47(51)48-33-31-46(38-52(48)55)57-53-24-13-11-22-49(53)50-23-12-14-25-54(50)57)56(43-20-9-6-10-21-43)44-28-26-40(27-29-44)42-19-15-18-41(36-42)39-16-7-5-8-17-39/h5-33,36-38H,3-4,34-35H2,1-2H3. The van der Waals surface area contributed by atoms with Gasteiger partial charge in [0.25, 0.3) is 0 Å². The fraction of sp³-hybridized carbons (Fsp3) is 0.127. The third-order valence-electron chi connectivity index (χ3n) is 12.2. The van der Waals surface area contributed by atoms with Crippen LogP contribution in [0.15, 0.2) is 194 Å². The number of fused-ring (bicyclic) bond motifs is 6. The topological polar surface area (TPSA) is 8.17 Å². The van der Waals surface area contributed by atoms with Gasteiger partial charge in [-0.05, 0) is 124 Å². The number of aromatic nitrogens is 1. The Labute approximate surface area is 336 Å². The molecule has 0 saturated heterocycles. The molecular formula is C55H46N2. The Kier molecular flexibility index (Phi) is 8.83. The van der Waals surface area contributed by atoms with Gasteiger partial charge >= 0.3 is 0 Å². The number of rotatable bonds is 10. The highest BCUT2D eigenvalue weighted by Crippen LogP contribution is 2.56. The molecule has 10 rings (SSSR count). The summed E-state index contributed by atoms with van der Waals surface area (Å²) in [4.78, 5) is 2.43. The summed E-state index contributed by atoms with van der Waals surface area (Å²) in [7, 11) is 0. The first-order valence-electron chi connectivity index (χ1n) is 20.6. The summed E-state index contributed by atoms with van der Waals surface area (Å²) >= 11 is 0. The normalized spacial score (nSPS) is 12.8. The lowest BCUT2D eigenvalue weighted by molar-refractivity contribution is 0.436. The van der Waals surface area contributed by atoms with Crippen molar-refractivity contribution in [2.75, 3.05) is 4.90 Å². The Bertz CT molecular complexity index is 2810. The van der Waals surface area contributed by atoms with E-state index in [0.717, 1.165) is 37.1 Å². The van der Waals surface area contributed by atoms with E-state index in [0.29, 0.717) is 0 Å². The van der Waals surface area contributed by atoms with Crippen molar-refractivity contribution in [3.05, 3.63) is 205 Å². The van der Waals surface area contributed by atoms with Crippen LogP contribution in [0.25, 0.3) is 60.9 Å². The Morgan fingerprint density at radius 3 is 1.53 bits per heavy atom. The second kappa shape index (κ2) is 14.5. The van der Waals surface area contributed by atoms with Gasteiger partial charge < -0.3 is 9.47 Å². The molecule has 1 aromatic heterocycles. The van der Waals surface area contributed by atoms with Gasteiger partial charge in [0.2, 0.25) is 0 Å². The second-order valence-electron chi connectivity index (χ2n) is 15.6. The van der Waals surface area contributed by atoms with Gasteiger partial charge in [-0.2, -0.15) is 0 Å². The summed E-state index contributed by atoms with van der Waals surface area (Å²) in [5, 5.41) is 2.59. The average Bonchev–Trinajstić information content (AvgIpc) is 3.74. The number of nitrogens with zero attached hydrogens (tertiary/aromatic N) is 2.